The van der Waals surface area contributed by atoms with E-state index in [0.29, 0.717) is 16.4 Å². The Balaban J connectivity index is 1.64. The molecule has 2 aromatic rings. The van der Waals surface area contributed by atoms with Gasteiger partial charge in [0.2, 0.25) is 0 Å². The summed E-state index contributed by atoms with van der Waals surface area (Å²) in [6.45, 7) is 1.92. The summed E-state index contributed by atoms with van der Waals surface area (Å²) in [6.07, 6.45) is 2.16. The van der Waals surface area contributed by atoms with Crippen molar-refractivity contribution < 1.29 is 4.39 Å². The van der Waals surface area contributed by atoms with Crippen molar-refractivity contribution in [1.29, 1.82) is 0 Å². The van der Waals surface area contributed by atoms with E-state index in [0.717, 1.165) is 29.1 Å². The molecule has 1 aliphatic rings. The first-order valence-electron chi connectivity index (χ1n) is 7.00. The molecule has 1 fully saturated rings. The summed E-state index contributed by atoms with van der Waals surface area (Å²) in [5.41, 5.74) is 3.23. The first-order chi connectivity index (χ1) is 10.0. The highest BCUT2D eigenvalue weighted by Crippen LogP contribution is 2.39. The van der Waals surface area contributed by atoms with Gasteiger partial charge < -0.3 is 5.32 Å². The maximum Gasteiger partial charge on any atom is 0.137 e. The average Bonchev–Trinajstić information content (AvgIpc) is 2.39. The average molecular weight is 369 g/mol. The second-order valence-electron chi connectivity index (χ2n) is 5.65. The van der Waals surface area contributed by atoms with Crippen LogP contribution in [0.3, 0.4) is 0 Å². The highest BCUT2D eigenvalue weighted by atomic mass is 79.9. The Morgan fingerprint density at radius 2 is 2.00 bits per heavy atom. The predicted octanol–water partition coefficient (Wildman–Crippen LogP) is 5.91. The van der Waals surface area contributed by atoms with Gasteiger partial charge in [0.15, 0.2) is 0 Å². The summed E-state index contributed by atoms with van der Waals surface area (Å²) >= 11 is 9.27. The van der Waals surface area contributed by atoms with Crippen LogP contribution in [0.15, 0.2) is 40.9 Å². The second kappa shape index (κ2) is 5.98. The lowest BCUT2D eigenvalue weighted by atomic mass is 9.76. The molecule has 0 heterocycles. The molecule has 21 heavy (non-hydrogen) atoms. The summed E-state index contributed by atoms with van der Waals surface area (Å²) in [6, 6.07) is 11.9. The number of hydrogen-bond donors (Lipinski definition) is 1. The zero-order chi connectivity index (χ0) is 15.0. The first-order valence-corrected chi connectivity index (χ1v) is 8.17. The number of aryl methyl sites for hydroxylation is 1. The second-order valence-corrected chi connectivity index (χ2v) is 6.94. The molecule has 0 spiro atoms. The molecule has 0 radical (unpaired) electrons. The van der Waals surface area contributed by atoms with Gasteiger partial charge in [-0.1, -0.05) is 23.7 Å². The van der Waals surface area contributed by atoms with Crippen molar-refractivity contribution in [3.05, 3.63) is 62.8 Å². The summed E-state index contributed by atoms with van der Waals surface area (Å²) < 4.78 is 13.9. The van der Waals surface area contributed by atoms with Crippen molar-refractivity contribution in [2.24, 2.45) is 0 Å². The lowest BCUT2D eigenvalue weighted by Gasteiger charge is -2.37. The minimum atomic E-state index is -0.219. The minimum Gasteiger partial charge on any atom is -0.382 e. The van der Waals surface area contributed by atoms with Gasteiger partial charge >= 0.3 is 0 Å². The number of hydrogen-bond acceptors (Lipinski definition) is 1. The number of halogens is 3. The van der Waals surface area contributed by atoms with Crippen molar-refractivity contribution in [3.63, 3.8) is 0 Å². The molecule has 0 amide bonds. The van der Waals surface area contributed by atoms with E-state index >= 15 is 0 Å². The highest BCUT2D eigenvalue weighted by Gasteiger charge is 2.30. The van der Waals surface area contributed by atoms with Gasteiger partial charge in [-0.15, -0.1) is 0 Å². The van der Waals surface area contributed by atoms with E-state index in [1.165, 1.54) is 5.56 Å². The molecule has 0 atom stereocenters. The molecule has 0 bridgehead atoms. The van der Waals surface area contributed by atoms with E-state index in [4.69, 9.17) is 11.6 Å². The Bertz CT molecular complexity index is 668. The van der Waals surface area contributed by atoms with E-state index in [2.05, 4.69) is 27.3 Å². The number of benzene rings is 2. The summed E-state index contributed by atoms with van der Waals surface area (Å²) in [5, 5.41) is 4.29. The van der Waals surface area contributed by atoms with Crippen LogP contribution in [-0.2, 0) is 0 Å². The predicted molar refractivity (Wildman–Crippen MR) is 89.7 cm³/mol. The Hall–Kier alpha value is -1.06. The van der Waals surface area contributed by atoms with Gasteiger partial charge in [0.25, 0.3) is 0 Å². The lowest BCUT2D eigenvalue weighted by Crippen LogP contribution is -2.34. The van der Waals surface area contributed by atoms with E-state index in [1.54, 1.807) is 6.07 Å². The third-order valence-electron chi connectivity index (χ3n) is 4.09. The van der Waals surface area contributed by atoms with Crippen LogP contribution in [0.1, 0.15) is 29.9 Å². The van der Waals surface area contributed by atoms with Crippen LogP contribution in [-0.4, -0.2) is 6.04 Å². The fourth-order valence-electron chi connectivity index (χ4n) is 2.79. The Morgan fingerprint density at radius 3 is 2.71 bits per heavy atom. The summed E-state index contributed by atoms with van der Waals surface area (Å²) in [7, 11) is 0. The smallest absolute Gasteiger partial charge is 0.137 e. The first kappa shape index (κ1) is 14.9. The van der Waals surface area contributed by atoms with Crippen LogP contribution in [0.2, 0.25) is 5.02 Å². The van der Waals surface area contributed by atoms with Gasteiger partial charge in [-0.3, -0.25) is 0 Å². The zero-order valence-corrected chi connectivity index (χ0v) is 14.0. The molecule has 3 rings (SSSR count). The van der Waals surface area contributed by atoms with E-state index in [-0.39, 0.29) is 5.82 Å². The monoisotopic (exact) mass is 367 g/mol. The quantitative estimate of drug-likeness (QED) is 0.710. The Kier molecular flexibility index (Phi) is 4.23. The molecule has 0 aromatic heterocycles. The molecule has 110 valence electrons. The van der Waals surface area contributed by atoms with Gasteiger partial charge in [0.05, 0.1) is 4.47 Å². The molecule has 2 aromatic carbocycles. The molecule has 0 aliphatic heterocycles. The summed E-state index contributed by atoms with van der Waals surface area (Å²) in [4.78, 5) is 0. The topological polar surface area (TPSA) is 12.0 Å². The van der Waals surface area contributed by atoms with E-state index < -0.39 is 0 Å². The van der Waals surface area contributed by atoms with Crippen LogP contribution >= 0.6 is 27.5 Å². The Morgan fingerprint density at radius 1 is 1.24 bits per heavy atom. The van der Waals surface area contributed by atoms with Crippen molar-refractivity contribution in [2.75, 3.05) is 5.32 Å². The lowest BCUT2D eigenvalue weighted by molar-refractivity contribution is 0.374. The van der Waals surface area contributed by atoms with Gasteiger partial charge in [0, 0.05) is 16.8 Å². The van der Waals surface area contributed by atoms with Crippen LogP contribution in [0.5, 0.6) is 0 Å². The van der Waals surface area contributed by atoms with Crippen LogP contribution < -0.4 is 5.32 Å². The molecule has 0 unspecified atom stereocenters. The Labute approximate surface area is 137 Å². The molecule has 1 N–H and O–H groups in total. The molecular weight excluding hydrogens is 353 g/mol. The largest absolute Gasteiger partial charge is 0.382 e. The van der Waals surface area contributed by atoms with Crippen molar-refractivity contribution in [3.8, 4) is 0 Å². The van der Waals surface area contributed by atoms with Gasteiger partial charge in [0.1, 0.15) is 5.82 Å². The fraction of sp³-hybridized carbons (Fsp3) is 0.294. The van der Waals surface area contributed by atoms with Crippen LogP contribution in [0.4, 0.5) is 10.1 Å². The normalized spacial score (nSPS) is 21.0. The SMILES string of the molecule is Cc1cc(F)c(Br)cc1NC1CC(c2cccc(Cl)c2)C1. The van der Waals surface area contributed by atoms with Crippen molar-refractivity contribution in [2.45, 2.75) is 31.7 Å². The van der Waals surface area contributed by atoms with Crippen LogP contribution in [0, 0.1) is 12.7 Å². The molecule has 1 nitrogen and oxygen atoms in total. The number of nitrogens with one attached hydrogen (secondary N) is 1. The minimum absolute atomic E-state index is 0.219. The van der Waals surface area contributed by atoms with E-state index in [9.17, 15) is 4.39 Å². The van der Waals surface area contributed by atoms with Crippen molar-refractivity contribution >= 4 is 33.2 Å². The standard InChI is InChI=1S/C17H16BrClFN/c1-10-5-16(20)15(18)9-17(10)21-14-7-12(8-14)11-3-2-4-13(19)6-11/h2-6,9,12,14,21H,7-8H2,1H3. The molecule has 1 saturated carbocycles. The van der Waals surface area contributed by atoms with E-state index in [1.807, 2.05) is 31.2 Å². The number of rotatable bonds is 3. The van der Waals surface area contributed by atoms with Gasteiger partial charge in [-0.25, -0.2) is 4.39 Å². The zero-order valence-electron chi connectivity index (χ0n) is 11.7. The maximum atomic E-state index is 13.4. The third-order valence-corrected chi connectivity index (χ3v) is 4.93. The molecule has 4 heteroatoms. The van der Waals surface area contributed by atoms with Crippen LogP contribution in [0.25, 0.3) is 0 Å². The summed E-state index contributed by atoms with van der Waals surface area (Å²) in [5.74, 6) is 0.342. The van der Waals surface area contributed by atoms with Crippen molar-refractivity contribution in [1.82, 2.24) is 0 Å². The number of anilines is 1. The highest BCUT2D eigenvalue weighted by molar-refractivity contribution is 9.10. The molecule has 1 aliphatic carbocycles. The molecule has 0 saturated heterocycles. The third kappa shape index (κ3) is 3.24. The van der Waals surface area contributed by atoms with Gasteiger partial charge in [-0.2, -0.15) is 0 Å². The fourth-order valence-corrected chi connectivity index (χ4v) is 3.33. The van der Waals surface area contributed by atoms with Gasteiger partial charge in [-0.05, 0) is 77.0 Å². The molecular formula is C17H16BrClFN. The maximum absolute atomic E-state index is 13.4.